The minimum Gasteiger partial charge on any atom is -0.458 e. The van der Waals surface area contributed by atoms with E-state index in [9.17, 15) is 0 Å². The van der Waals surface area contributed by atoms with Gasteiger partial charge < -0.3 is 18.6 Å². The Bertz CT molecular complexity index is 7900. The highest BCUT2D eigenvalue weighted by molar-refractivity contribution is 7.00. The van der Waals surface area contributed by atoms with Crippen LogP contribution in [0.3, 0.4) is 0 Å². The fourth-order valence-corrected chi connectivity index (χ4v) is 22.1. The molecule has 18 aromatic carbocycles. The summed E-state index contributed by atoms with van der Waals surface area (Å²) in [4.78, 5) is 0. The van der Waals surface area contributed by atoms with Gasteiger partial charge in [-0.3, -0.25) is 0 Å². The zero-order valence-electron chi connectivity index (χ0n) is 70.7. The summed E-state index contributed by atoms with van der Waals surface area (Å²) in [5.74, 6) is 3.86. The number of aromatic nitrogens is 2. The largest absolute Gasteiger partial charge is 0.458 e. The van der Waals surface area contributed by atoms with Gasteiger partial charge in [-0.15, -0.1) is 0 Å². The van der Waals surface area contributed by atoms with Crippen molar-refractivity contribution in [2.75, 3.05) is 0 Å². The van der Waals surface area contributed by atoms with E-state index in [1.807, 2.05) is 0 Å². The maximum atomic E-state index is 7.48. The first-order valence-corrected chi connectivity index (χ1v) is 43.8. The van der Waals surface area contributed by atoms with Crippen molar-refractivity contribution >= 4 is 89.8 Å². The molecule has 0 N–H and O–H groups in total. The second-order valence-corrected chi connectivity index (χ2v) is 35.5. The normalized spacial score (nSPS) is 12.6. The quantitative estimate of drug-likeness (QED) is 0.108. The van der Waals surface area contributed by atoms with E-state index in [0.29, 0.717) is 6.42 Å². The van der Waals surface area contributed by atoms with E-state index in [0.717, 1.165) is 34.0 Å². The van der Waals surface area contributed by atoms with Gasteiger partial charge in [-0.05, 0) is 310 Å². The minimum absolute atomic E-state index is 0.147. The van der Waals surface area contributed by atoms with E-state index < -0.39 is 0 Å². The van der Waals surface area contributed by atoms with Crippen molar-refractivity contribution in [3.63, 3.8) is 0 Å². The van der Waals surface area contributed by atoms with E-state index in [1.165, 1.54) is 238 Å². The molecular weight excluding hydrogens is 1500 g/mol. The number of rotatable bonds is 13. The summed E-state index contributed by atoms with van der Waals surface area (Å²) in [6.45, 7) is 17.8. The lowest BCUT2D eigenvalue weighted by atomic mass is 9.34. The number of aryl methyl sites for hydroxylation is 6. The van der Waals surface area contributed by atoms with E-state index in [2.05, 4.69) is 422 Å². The zero-order chi connectivity index (χ0) is 83.0. The summed E-state index contributed by atoms with van der Waals surface area (Å²) in [7, 11) is 0. The van der Waals surface area contributed by atoms with Gasteiger partial charge in [0.25, 0.3) is 13.4 Å². The van der Waals surface area contributed by atoms with Crippen molar-refractivity contribution in [3.8, 4) is 146 Å². The van der Waals surface area contributed by atoms with Crippen LogP contribution in [0.15, 0.2) is 358 Å². The molecule has 0 bridgehead atoms. The fourth-order valence-electron chi connectivity index (χ4n) is 22.1. The highest BCUT2D eigenvalue weighted by Gasteiger charge is 2.44. The Hall–Kier alpha value is -14.7. The number of fused-ring (bicyclic) bond motifs is 14. The van der Waals surface area contributed by atoms with Crippen LogP contribution >= 0.6 is 0 Å². The molecule has 0 atom stereocenters. The Morgan fingerprint density at radius 3 is 1.11 bits per heavy atom. The van der Waals surface area contributed by atoms with Crippen LogP contribution in [0.5, 0.6) is 23.0 Å². The van der Waals surface area contributed by atoms with Gasteiger partial charge in [-0.1, -0.05) is 310 Å². The maximum absolute atomic E-state index is 7.48. The van der Waals surface area contributed by atoms with E-state index >= 15 is 0 Å². The molecule has 4 nitrogen and oxygen atoms in total. The first kappa shape index (κ1) is 73.2. The fraction of sp³-hybridized carbons (Fsp3) is 0.0847. The van der Waals surface area contributed by atoms with Gasteiger partial charge in [0.1, 0.15) is 23.0 Å². The smallest absolute Gasteiger partial charge is 0.256 e. The van der Waals surface area contributed by atoms with Crippen molar-refractivity contribution in [2.45, 2.75) is 67.7 Å². The molecule has 0 amide bonds. The average Bonchev–Trinajstić information content (AvgIpc) is 1.64. The van der Waals surface area contributed by atoms with Crippen LogP contribution in [-0.2, 0) is 6.42 Å². The zero-order valence-corrected chi connectivity index (χ0v) is 70.7. The Balaban J connectivity index is 0.684. The Morgan fingerprint density at radius 2 is 0.637 bits per heavy atom. The van der Waals surface area contributed by atoms with Crippen molar-refractivity contribution in [1.29, 1.82) is 0 Å². The second kappa shape index (κ2) is 28.5. The molecule has 0 fully saturated rings. The van der Waals surface area contributed by atoms with Crippen LogP contribution in [0, 0.1) is 41.5 Å². The maximum Gasteiger partial charge on any atom is 0.256 e. The summed E-state index contributed by atoms with van der Waals surface area (Å²) in [5, 5.41) is 4.88. The van der Waals surface area contributed by atoms with Gasteiger partial charge in [0.05, 0.1) is 11.0 Å². The predicted octanol–water partition coefficient (Wildman–Crippen LogP) is 27.0. The molecule has 586 valence electrons. The molecule has 0 unspecified atom stereocenters. The van der Waals surface area contributed by atoms with Gasteiger partial charge in [0.2, 0.25) is 0 Å². The number of nitrogens with zero attached hydrogens (tertiary/aromatic N) is 2. The molecule has 20 aromatic rings. The molecule has 6 heteroatoms. The standard InChI is InChI=1S/C118H86B2N2O2/c1-69(2)85-67-108-116-112(68-85)124-110-50-45-84(64-102(110)120(116)103-65-86(94-40-26-23-37-91(94)79-31-17-11-18-32-79)61-99-98-60-82(43-48-106(98)122(108)118(99)103)93-39-25-22-36-90(93)78-29-15-10-16-30-78)114-75(8)53-71(4)54-88(114)57-76-41-46-95(96(58-76)80-33-19-12-20-34-80)87-62-100-97-59-81(92-38-24-21-35-89(92)77-27-13-9-14-28-77)42-47-105(97)121-107-55-72(5)56-111-115(107)119(104(66-87)117(100)121)101-63-83(44-49-109(101)123-111)113-73(6)51-70(3)52-74(113)7/h9-56,58-69H,57H2,1-8H3. The first-order valence-electron chi connectivity index (χ1n) is 43.8. The molecule has 4 aliphatic heterocycles. The summed E-state index contributed by atoms with van der Waals surface area (Å²) in [5.41, 5.74) is 49.6. The molecule has 0 saturated carbocycles. The lowest BCUT2D eigenvalue weighted by molar-refractivity contribution is 0.486. The van der Waals surface area contributed by atoms with Crippen LogP contribution in [0.1, 0.15) is 69.8 Å². The molecule has 0 aliphatic carbocycles. The third kappa shape index (κ3) is 11.6. The van der Waals surface area contributed by atoms with Crippen molar-refractivity contribution in [1.82, 2.24) is 9.13 Å². The van der Waals surface area contributed by atoms with Gasteiger partial charge >= 0.3 is 0 Å². The van der Waals surface area contributed by atoms with Crippen LogP contribution in [-0.4, -0.2) is 22.6 Å². The van der Waals surface area contributed by atoms with Crippen LogP contribution in [0.25, 0.3) is 166 Å². The van der Waals surface area contributed by atoms with Crippen LogP contribution in [0.4, 0.5) is 0 Å². The third-order valence-electron chi connectivity index (χ3n) is 27.3. The number of hydrogen-bond acceptors (Lipinski definition) is 2. The summed E-state index contributed by atoms with van der Waals surface area (Å²) in [6.07, 6.45) is 0.701. The second-order valence-electron chi connectivity index (χ2n) is 35.5. The highest BCUT2D eigenvalue weighted by atomic mass is 16.5. The molecule has 6 heterocycles. The Labute approximate surface area is 724 Å². The first-order chi connectivity index (χ1) is 60.7. The van der Waals surface area contributed by atoms with Crippen molar-refractivity contribution < 1.29 is 9.47 Å². The minimum atomic E-state index is -0.179. The monoisotopic (exact) mass is 1580 g/mol. The molecule has 24 rings (SSSR count). The van der Waals surface area contributed by atoms with Gasteiger partial charge in [-0.25, -0.2) is 0 Å². The number of benzene rings is 18. The molecule has 0 spiro atoms. The lowest BCUT2D eigenvalue weighted by Gasteiger charge is -2.34. The Morgan fingerprint density at radius 1 is 0.266 bits per heavy atom. The highest BCUT2D eigenvalue weighted by Crippen LogP contribution is 2.49. The number of hydrogen-bond donors (Lipinski definition) is 0. The molecular formula is C118H86B2N2O2. The van der Waals surface area contributed by atoms with E-state index in [4.69, 9.17) is 9.47 Å². The predicted molar refractivity (Wildman–Crippen MR) is 524 cm³/mol. The molecule has 124 heavy (non-hydrogen) atoms. The molecule has 4 aliphatic rings. The van der Waals surface area contributed by atoms with Gasteiger partial charge in [-0.2, -0.15) is 0 Å². The molecule has 2 aromatic heterocycles. The average molecular weight is 1590 g/mol. The molecule has 0 saturated heterocycles. The summed E-state index contributed by atoms with van der Waals surface area (Å²) in [6, 6.07) is 135. The van der Waals surface area contributed by atoms with Crippen molar-refractivity contribution in [3.05, 3.63) is 408 Å². The summed E-state index contributed by atoms with van der Waals surface area (Å²) < 4.78 is 19.9. The van der Waals surface area contributed by atoms with E-state index in [-0.39, 0.29) is 19.3 Å². The van der Waals surface area contributed by atoms with Gasteiger partial charge in [0.15, 0.2) is 0 Å². The SMILES string of the molecule is Cc1cc(C)c(-c2ccc3c(c2)B2c4c(cc(C)cc4-n4c5ccc(-c6ccccc6-c6ccccc6)cc5c5cc(-c6ccc(Cc7cc(C)cc(C)c7-c7ccc8c(c7)B7c9c(cc(C(C)C)cc9-n9c%10ccc(-c%11ccccc%11-c%11ccccc%11)cc%10c%10cc(-c%11ccccc%11-c%11ccccc%11)cc7c%109)O8)cc6-c6ccccc6)cc2c54)O3)c(C)c1. The van der Waals surface area contributed by atoms with Gasteiger partial charge in [0, 0.05) is 44.0 Å². The number of ether oxygens (including phenoxy) is 2. The van der Waals surface area contributed by atoms with Crippen molar-refractivity contribution in [2.24, 2.45) is 0 Å². The van der Waals surface area contributed by atoms with Crippen LogP contribution in [0.2, 0.25) is 0 Å². The third-order valence-corrected chi connectivity index (χ3v) is 27.3. The summed E-state index contributed by atoms with van der Waals surface area (Å²) >= 11 is 0. The topological polar surface area (TPSA) is 28.3 Å². The molecule has 0 radical (unpaired) electrons. The van der Waals surface area contributed by atoms with Crippen LogP contribution < -0.4 is 42.3 Å². The lowest BCUT2D eigenvalue weighted by Crippen LogP contribution is -2.58. The van der Waals surface area contributed by atoms with E-state index in [1.54, 1.807) is 0 Å². The Kier molecular flexibility index (Phi) is 16.8.